The van der Waals surface area contributed by atoms with Crippen molar-refractivity contribution in [3.8, 4) is 0 Å². The van der Waals surface area contributed by atoms with E-state index in [9.17, 15) is 0 Å². The first-order valence-corrected chi connectivity index (χ1v) is 6.05. The molecule has 0 heterocycles. The van der Waals surface area contributed by atoms with E-state index in [0.717, 1.165) is 0 Å². The molecule has 86 valence electrons. The van der Waals surface area contributed by atoms with Gasteiger partial charge in [-0.05, 0) is 6.92 Å². The van der Waals surface area contributed by atoms with Crippen LogP contribution in [0.25, 0.3) is 0 Å². The number of rotatable bonds is 8. The van der Waals surface area contributed by atoms with Gasteiger partial charge in [0, 0.05) is 19.5 Å². The molecule has 0 saturated heterocycles. The van der Waals surface area contributed by atoms with Crippen LogP contribution >= 0.6 is 27.5 Å². The summed E-state index contributed by atoms with van der Waals surface area (Å²) in [4.78, 5) is 0. The van der Waals surface area contributed by atoms with Crippen molar-refractivity contribution < 1.29 is 14.2 Å². The van der Waals surface area contributed by atoms with Crippen molar-refractivity contribution in [3.05, 3.63) is 0 Å². The minimum atomic E-state index is -0.372. The Labute approximate surface area is 99.2 Å². The lowest BCUT2D eigenvalue weighted by Crippen LogP contribution is -2.40. The minimum Gasteiger partial charge on any atom is -0.382 e. The van der Waals surface area contributed by atoms with Crippen LogP contribution in [0.15, 0.2) is 0 Å². The van der Waals surface area contributed by atoms with Gasteiger partial charge in [-0.1, -0.05) is 15.9 Å². The zero-order chi connectivity index (χ0) is 11.0. The first-order chi connectivity index (χ1) is 6.61. The summed E-state index contributed by atoms with van der Waals surface area (Å²) in [5.74, 6) is 0.433. The fourth-order valence-corrected chi connectivity index (χ4v) is 1.71. The molecule has 5 heteroatoms. The summed E-state index contributed by atoms with van der Waals surface area (Å²) in [5, 5.41) is 0.688. The number of alkyl halides is 2. The van der Waals surface area contributed by atoms with Gasteiger partial charge in [0.05, 0.1) is 24.7 Å². The van der Waals surface area contributed by atoms with E-state index in [1.807, 2.05) is 6.92 Å². The summed E-state index contributed by atoms with van der Waals surface area (Å²) >= 11 is 9.19. The molecule has 0 N–H and O–H groups in total. The molecule has 1 unspecified atom stereocenters. The third-order valence-electron chi connectivity index (χ3n) is 1.72. The highest BCUT2D eigenvalue weighted by molar-refractivity contribution is 9.09. The van der Waals surface area contributed by atoms with E-state index in [4.69, 9.17) is 25.8 Å². The quantitative estimate of drug-likeness (QED) is 0.640. The second-order valence-corrected chi connectivity index (χ2v) is 4.20. The minimum absolute atomic E-state index is 0.0775. The topological polar surface area (TPSA) is 27.7 Å². The van der Waals surface area contributed by atoms with E-state index < -0.39 is 0 Å². The summed E-state index contributed by atoms with van der Waals surface area (Å²) in [6.45, 7) is 2.97. The summed E-state index contributed by atoms with van der Waals surface area (Å²) < 4.78 is 15.8. The van der Waals surface area contributed by atoms with E-state index in [1.54, 1.807) is 14.2 Å². The Balaban J connectivity index is 4.10. The van der Waals surface area contributed by atoms with Crippen LogP contribution in [0, 0.1) is 0 Å². The van der Waals surface area contributed by atoms with Gasteiger partial charge in [0.15, 0.2) is 0 Å². The third-order valence-corrected chi connectivity index (χ3v) is 3.47. The van der Waals surface area contributed by atoms with Crippen LogP contribution in [-0.2, 0) is 14.2 Å². The Kier molecular flexibility index (Phi) is 8.25. The van der Waals surface area contributed by atoms with Crippen molar-refractivity contribution in [1.29, 1.82) is 0 Å². The molecule has 0 saturated carbocycles. The van der Waals surface area contributed by atoms with Crippen LogP contribution < -0.4 is 0 Å². The van der Waals surface area contributed by atoms with E-state index >= 15 is 0 Å². The molecule has 0 radical (unpaired) electrons. The second-order valence-electron chi connectivity index (χ2n) is 3.37. The van der Waals surface area contributed by atoms with Gasteiger partial charge in [-0.2, -0.15) is 0 Å². The van der Waals surface area contributed by atoms with Crippen LogP contribution in [0.3, 0.4) is 0 Å². The van der Waals surface area contributed by atoms with Gasteiger partial charge < -0.3 is 14.2 Å². The van der Waals surface area contributed by atoms with E-state index in [2.05, 4.69) is 15.9 Å². The molecule has 0 aromatic heterocycles. The van der Waals surface area contributed by atoms with Crippen LogP contribution in [0.1, 0.15) is 6.92 Å². The SMILES string of the molecule is COCC(COC)OC(C)(CCl)CBr. The van der Waals surface area contributed by atoms with Crippen molar-refractivity contribution in [2.45, 2.75) is 18.6 Å². The summed E-state index contributed by atoms with van der Waals surface area (Å²) in [5.41, 5.74) is -0.372. The molecule has 1 atom stereocenters. The first kappa shape index (κ1) is 14.6. The number of ether oxygens (including phenoxy) is 3. The average molecular weight is 290 g/mol. The fraction of sp³-hybridized carbons (Fsp3) is 1.00. The molecule has 0 aliphatic heterocycles. The Morgan fingerprint density at radius 1 is 1.29 bits per heavy atom. The highest BCUT2D eigenvalue weighted by Gasteiger charge is 2.27. The first-order valence-electron chi connectivity index (χ1n) is 4.39. The molecule has 0 spiro atoms. The van der Waals surface area contributed by atoms with E-state index in [-0.39, 0.29) is 11.7 Å². The largest absolute Gasteiger partial charge is 0.382 e. The lowest BCUT2D eigenvalue weighted by Gasteiger charge is -2.30. The van der Waals surface area contributed by atoms with Crippen LogP contribution in [0.4, 0.5) is 0 Å². The standard InChI is InChI=1S/C9H18BrClO3/c1-9(6-10,7-11)14-8(4-12-2)5-13-3/h8H,4-7H2,1-3H3. The van der Waals surface area contributed by atoms with Crippen molar-refractivity contribution in [2.75, 3.05) is 38.6 Å². The molecule has 0 fully saturated rings. The number of hydrogen-bond donors (Lipinski definition) is 0. The van der Waals surface area contributed by atoms with Gasteiger partial charge in [-0.15, -0.1) is 11.6 Å². The molecule has 14 heavy (non-hydrogen) atoms. The number of methoxy groups -OCH3 is 2. The molecular formula is C9H18BrClO3. The molecule has 0 aromatic carbocycles. The van der Waals surface area contributed by atoms with Gasteiger partial charge in [-0.25, -0.2) is 0 Å². The fourth-order valence-electron chi connectivity index (χ4n) is 0.989. The van der Waals surface area contributed by atoms with Crippen LogP contribution in [0.2, 0.25) is 0 Å². The molecule has 0 bridgehead atoms. The summed E-state index contributed by atoms with van der Waals surface area (Å²) in [7, 11) is 3.27. The summed E-state index contributed by atoms with van der Waals surface area (Å²) in [6.07, 6.45) is -0.0775. The zero-order valence-electron chi connectivity index (χ0n) is 8.89. The molecule has 3 nitrogen and oxygen atoms in total. The van der Waals surface area contributed by atoms with Crippen LogP contribution in [-0.4, -0.2) is 50.3 Å². The Morgan fingerprint density at radius 2 is 1.79 bits per heavy atom. The van der Waals surface area contributed by atoms with E-state index in [0.29, 0.717) is 24.4 Å². The average Bonchev–Trinajstić information content (AvgIpc) is 2.18. The molecule has 0 aliphatic carbocycles. The van der Waals surface area contributed by atoms with Crippen molar-refractivity contribution in [1.82, 2.24) is 0 Å². The Hall–Kier alpha value is 0.650. The van der Waals surface area contributed by atoms with Gasteiger partial charge in [0.2, 0.25) is 0 Å². The van der Waals surface area contributed by atoms with Crippen molar-refractivity contribution in [2.24, 2.45) is 0 Å². The predicted molar refractivity (Wildman–Crippen MR) is 61.5 cm³/mol. The smallest absolute Gasteiger partial charge is 0.105 e. The maximum absolute atomic E-state index is 5.82. The normalized spacial score (nSPS) is 15.9. The van der Waals surface area contributed by atoms with Gasteiger partial charge in [0.25, 0.3) is 0 Å². The number of halogens is 2. The number of hydrogen-bond acceptors (Lipinski definition) is 3. The molecule has 0 amide bonds. The van der Waals surface area contributed by atoms with Crippen molar-refractivity contribution >= 4 is 27.5 Å². The Bertz CT molecular complexity index is 136. The van der Waals surface area contributed by atoms with Gasteiger partial charge in [0.1, 0.15) is 6.10 Å². The second kappa shape index (κ2) is 7.88. The Morgan fingerprint density at radius 3 is 2.07 bits per heavy atom. The molecular weight excluding hydrogens is 271 g/mol. The zero-order valence-corrected chi connectivity index (χ0v) is 11.2. The van der Waals surface area contributed by atoms with Crippen molar-refractivity contribution in [3.63, 3.8) is 0 Å². The molecule has 0 aromatic rings. The van der Waals surface area contributed by atoms with Crippen LogP contribution in [0.5, 0.6) is 0 Å². The summed E-state index contributed by atoms with van der Waals surface area (Å²) in [6, 6.07) is 0. The maximum atomic E-state index is 5.82. The lowest BCUT2D eigenvalue weighted by atomic mass is 10.2. The highest BCUT2D eigenvalue weighted by Crippen LogP contribution is 2.18. The molecule has 0 rings (SSSR count). The molecule has 0 aliphatic rings. The monoisotopic (exact) mass is 288 g/mol. The third kappa shape index (κ3) is 5.51. The lowest BCUT2D eigenvalue weighted by molar-refractivity contribution is -0.105. The highest BCUT2D eigenvalue weighted by atomic mass is 79.9. The predicted octanol–water partition coefficient (Wildman–Crippen LogP) is 2.06. The van der Waals surface area contributed by atoms with E-state index in [1.165, 1.54) is 0 Å². The maximum Gasteiger partial charge on any atom is 0.105 e. The van der Waals surface area contributed by atoms with Gasteiger partial charge >= 0.3 is 0 Å². The van der Waals surface area contributed by atoms with Gasteiger partial charge in [-0.3, -0.25) is 0 Å².